The summed E-state index contributed by atoms with van der Waals surface area (Å²) < 4.78 is 0. The minimum absolute atomic E-state index is 0.190. The number of rotatable bonds is 6. The third kappa shape index (κ3) is 7.47. The van der Waals surface area contributed by atoms with Gasteiger partial charge in [0.05, 0.1) is 0 Å². The van der Waals surface area contributed by atoms with Gasteiger partial charge in [0.2, 0.25) is 5.91 Å². The molecule has 2 heteroatoms. The molecule has 0 rings (SSSR count). The van der Waals surface area contributed by atoms with Gasteiger partial charge >= 0.3 is 0 Å². The molecule has 59 valence electrons. The molecule has 0 heterocycles. The average molecular weight is 142 g/mol. The molecule has 0 aliphatic carbocycles. The van der Waals surface area contributed by atoms with Crippen molar-refractivity contribution in [2.24, 2.45) is 5.73 Å². The fourth-order valence-electron chi connectivity index (χ4n) is 0.769. The summed E-state index contributed by atoms with van der Waals surface area (Å²) in [6, 6.07) is 0. The number of hydrogen-bond acceptors (Lipinski definition) is 1. The number of primary amides is 1. The molecule has 0 aromatic carbocycles. The molecule has 0 unspecified atom stereocenters. The summed E-state index contributed by atoms with van der Waals surface area (Å²) in [6.45, 7) is 2.14. The van der Waals surface area contributed by atoms with Gasteiger partial charge in [0, 0.05) is 6.42 Å². The van der Waals surface area contributed by atoms with Gasteiger partial charge in [-0.05, 0) is 19.3 Å². The van der Waals surface area contributed by atoms with E-state index in [2.05, 4.69) is 13.3 Å². The predicted octanol–water partition coefficient (Wildman–Crippen LogP) is 1.65. The lowest BCUT2D eigenvalue weighted by Crippen LogP contribution is -2.09. The molecular weight excluding hydrogens is 126 g/mol. The molecule has 0 aliphatic rings. The Labute approximate surface area is 62.8 Å². The Hall–Kier alpha value is -0.530. The molecule has 2 nitrogen and oxygen atoms in total. The van der Waals surface area contributed by atoms with Crippen molar-refractivity contribution in [3.63, 3.8) is 0 Å². The summed E-state index contributed by atoms with van der Waals surface area (Å²) >= 11 is 0. The first-order chi connectivity index (χ1) is 4.77. The second-order valence-electron chi connectivity index (χ2n) is 2.44. The van der Waals surface area contributed by atoms with Crippen LogP contribution in [-0.2, 0) is 4.79 Å². The van der Waals surface area contributed by atoms with Crippen LogP contribution in [0.4, 0.5) is 0 Å². The van der Waals surface area contributed by atoms with Gasteiger partial charge in [-0.2, -0.15) is 0 Å². The Balaban J connectivity index is 2.84. The number of hydrogen-bond donors (Lipinski definition) is 1. The molecule has 0 aliphatic heterocycles. The third-order valence-corrected chi connectivity index (χ3v) is 1.32. The van der Waals surface area contributed by atoms with Crippen LogP contribution < -0.4 is 5.73 Å². The smallest absolute Gasteiger partial charge is 0.217 e. The highest BCUT2D eigenvalue weighted by Gasteiger charge is 1.93. The molecule has 0 aromatic rings. The van der Waals surface area contributed by atoms with Crippen LogP contribution in [0.15, 0.2) is 0 Å². The first-order valence-electron chi connectivity index (χ1n) is 3.87. The summed E-state index contributed by atoms with van der Waals surface area (Å²) in [4.78, 5) is 10.2. The minimum atomic E-state index is -0.190. The summed E-state index contributed by atoms with van der Waals surface area (Å²) in [5.41, 5.74) is 4.95. The molecular formula is C8H16NO. The van der Waals surface area contributed by atoms with Crippen molar-refractivity contribution >= 4 is 5.91 Å². The van der Waals surface area contributed by atoms with E-state index in [0.29, 0.717) is 6.42 Å². The standard InChI is InChI=1S/C8H16NO/c1-2-3-4-5-6-7-8(9)10/h4H,2-3,5-7H2,1H3,(H2,9,10). The van der Waals surface area contributed by atoms with Crippen LogP contribution in [0.1, 0.15) is 39.0 Å². The molecule has 0 bridgehead atoms. The van der Waals surface area contributed by atoms with E-state index in [1.54, 1.807) is 0 Å². The minimum Gasteiger partial charge on any atom is -0.370 e. The van der Waals surface area contributed by atoms with E-state index >= 15 is 0 Å². The van der Waals surface area contributed by atoms with E-state index in [9.17, 15) is 4.79 Å². The Morgan fingerprint density at radius 1 is 1.50 bits per heavy atom. The maximum atomic E-state index is 10.2. The average Bonchev–Trinajstić information content (AvgIpc) is 1.87. The quantitative estimate of drug-likeness (QED) is 0.563. The van der Waals surface area contributed by atoms with E-state index in [1.165, 1.54) is 6.42 Å². The molecule has 0 spiro atoms. The lowest BCUT2D eigenvalue weighted by Gasteiger charge is -1.95. The SMILES string of the molecule is CCC[CH]CCCC(N)=O. The first-order valence-corrected chi connectivity index (χ1v) is 3.87. The molecule has 2 N–H and O–H groups in total. The summed E-state index contributed by atoms with van der Waals surface area (Å²) in [6.07, 6.45) is 7.02. The summed E-state index contributed by atoms with van der Waals surface area (Å²) in [5.74, 6) is -0.190. The van der Waals surface area contributed by atoms with E-state index in [-0.39, 0.29) is 5.91 Å². The molecule has 0 aromatic heterocycles. The van der Waals surface area contributed by atoms with Crippen molar-refractivity contribution in [3.05, 3.63) is 6.42 Å². The van der Waals surface area contributed by atoms with Gasteiger partial charge in [0.1, 0.15) is 0 Å². The largest absolute Gasteiger partial charge is 0.370 e. The Morgan fingerprint density at radius 2 is 2.20 bits per heavy atom. The van der Waals surface area contributed by atoms with Crippen LogP contribution in [-0.4, -0.2) is 5.91 Å². The van der Waals surface area contributed by atoms with E-state index < -0.39 is 0 Å². The zero-order chi connectivity index (χ0) is 7.82. The van der Waals surface area contributed by atoms with Crippen LogP contribution in [0.3, 0.4) is 0 Å². The Morgan fingerprint density at radius 3 is 2.70 bits per heavy atom. The van der Waals surface area contributed by atoms with Crippen LogP contribution in [0.2, 0.25) is 0 Å². The maximum Gasteiger partial charge on any atom is 0.217 e. The third-order valence-electron chi connectivity index (χ3n) is 1.32. The van der Waals surface area contributed by atoms with E-state index in [1.807, 2.05) is 0 Å². The first kappa shape index (κ1) is 9.47. The monoisotopic (exact) mass is 142 g/mol. The molecule has 0 atom stereocenters. The second-order valence-corrected chi connectivity index (χ2v) is 2.44. The highest BCUT2D eigenvalue weighted by atomic mass is 16.1. The predicted molar refractivity (Wildman–Crippen MR) is 42.3 cm³/mol. The number of carbonyl (C=O) groups is 1. The molecule has 0 saturated carbocycles. The van der Waals surface area contributed by atoms with Crippen molar-refractivity contribution in [1.29, 1.82) is 0 Å². The molecule has 10 heavy (non-hydrogen) atoms. The van der Waals surface area contributed by atoms with Gasteiger partial charge in [-0.25, -0.2) is 0 Å². The van der Waals surface area contributed by atoms with E-state index in [4.69, 9.17) is 5.73 Å². The number of nitrogens with two attached hydrogens (primary N) is 1. The highest BCUT2D eigenvalue weighted by Crippen LogP contribution is 2.02. The van der Waals surface area contributed by atoms with Crippen LogP contribution in [0.5, 0.6) is 0 Å². The van der Waals surface area contributed by atoms with E-state index in [0.717, 1.165) is 19.3 Å². The number of unbranched alkanes of at least 4 members (excludes halogenated alkanes) is 4. The van der Waals surface area contributed by atoms with Gasteiger partial charge in [0.15, 0.2) is 0 Å². The van der Waals surface area contributed by atoms with Gasteiger partial charge in [-0.15, -0.1) is 0 Å². The zero-order valence-corrected chi connectivity index (χ0v) is 6.60. The van der Waals surface area contributed by atoms with Crippen LogP contribution >= 0.6 is 0 Å². The fourth-order valence-corrected chi connectivity index (χ4v) is 0.769. The van der Waals surface area contributed by atoms with Crippen LogP contribution in [0, 0.1) is 6.42 Å². The van der Waals surface area contributed by atoms with Gasteiger partial charge in [-0.1, -0.05) is 19.8 Å². The van der Waals surface area contributed by atoms with Crippen molar-refractivity contribution < 1.29 is 4.79 Å². The van der Waals surface area contributed by atoms with Crippen molar-refractivity contribution in [1.82, 2.24) is 0 Å². The molecule has 0 fully saturated rings. The maximum absolute atomic E-state index is 10.2. The second kappa shape index (κ2) is 6.59. The lowest BCUT2D eigenvalue weighted by molar-refractivity contribution is -0.118. The van der Waals surface area contributed by atoms with Crippen LogP contribution in [0.25, 0.3) is 0 Å². The van der Waals surface area contributed by atoms with Crippen molar-refractivity contribution in [3.8, 4) is 0 Å². The number of amides is 1. The Bertz CT molecular complexity index is 91.3. The van der Waals surface area contributed by atoms with Crippen molar-refractivity contribution in [2.45, 2.75) is 39.0 Å². The Kier molecular flexibility index (Phi) is 6.24. The highest BCUT2D eigenvalue weighted by molar-refractivity contribution is 5.73. The summed E-state index contributed by atoms with van der Waals surface area (Å²) in [7, 11) is 0. The summed E-state index contributed by atoms with van der Waals surface area (Å²) in [5, 5.41) is 0. The number of carbonyl (C=O) groups excluding carboxylic acids is 1. The van der Waals surface area contributed by atoms with Gasteiger partial charge in [-0.3, -0.25) is 4.79 Å². The van der Waals surface area contributed by atoms with Gasteiger partial charge < -0.3 is 5.73 Å². The molecule has 1 amide bonds. The normalized spacial score (nSPS) is 9.70. The molecule has 0 saturated heterocycles. The molecule has 1 radical (unpaired) electrons. The topological polar surface area (TPSA) is 43.1 Å². The van der Waals surface area contributed by atoms with Crippen molar-refractivity contribution in [2.75, 3.05) is 0 Å². The zero-order valence-electron chi connectivity index (χ0n) is 6.60. The lowest BCUT2D eigenvalue weighted by atomic mass is 10.1. The van der Waals surface area contributed by atoms with Gasteiger partial charge in [0.25, 0.3) is 0 Å². The fraction of sp³-hybridized carbons (Fsp3) is 0.750.